The first kappa shape index (κ1) is 24.7. The van der Waals surface area contributed by atoms with Gasteiger partial charge in [-0.15, -0.1) is 10.2 Å². The zero-order chi connectivity index (χ0) is 25.5. The summed E-state index contributed by atoms with van der Waals surface area (Å²) < 4.78 is 5.66. The van der Waals surface area contributed by atoms with Crippen molar-refractivity contribution in [1.29, 1.82) is 0 Å². The second-order valence-electron chi connectivity index (χ2n) is 9.99. The van der Waals surface area contributed by atoms with Crippen LogP contribution in [0.25, 0.3) is 0 Å². The Hall–Kier alpha value is -3.39. The molecule has 1 aliphatic rings. The first-order valence-corrected chi connectivity index (χ1v) is 12.4. The predicted molar refractivity (Wildman–Crippen MR) is 135 cm³/mol. The summed E-state index contributed by atoms with van der Waals surface area (Å²) in [5.74, 6) is -2.46. The Bertz CT molecular complexity index is 1260. The molecule has 0 bridgehead atoms. The maximum Gasteiger partial charge on any atom is 0.297 e. The summed E-state index contributed by atoms with van der Waals surface area (Å²) in [7, 11) is 0. The van der Waals surface area contributed by atoms with Crippen molar-refractivity contribution in [1.82, 2.24) is 10.2 Å². The third-order valence-corrected chi connectivity index (χ3v) is 6.78. The predicted octanol–water partition coefficient (Wildman–Crippen LogP) is 5.09. The van der Waals surface area contributed by atoms with Crippen LogP contribution < -0.4 is 9.64 Å². The molecule has 0 N–H and O–H groups in total. The summed E-state index contributed by atoms with van der Waals surface area (Å²) in [6.07, 6.45) is -0.00467. The van der Waals surface area contributed by atoms with Gasteiger partial charge in [0.1, 0.15) is 16.7 Å². The van der Waals surface area contributed by atoms with Gasteiger partial charge in [0.25, 0.3) is 5.91 Å². The Balaban J connectivity index is 1.77. The van der Waals surface area contributed by atoms with Crippen molar-refractivity contribution < 1.29 is 19.1 Å². The molecule has 0 spiro atoms. The van der Waals surface area contributed by atoms with Crippen molar-refractivity contribution in [3.05, 3.63) is 70.2 Å². The number of Topliss-reactive ketones (excluding diaryl/α,β-unsaturated/α-hetero) is 2. The van der Waals surface area contributed by atoms with Crippen molar-refractivity contribution in [2.45, 2.75) is 59.1 Å². The monoisotopic (exact) mass is 491 g/mol. The molecular formula is C27H29N3O4S. The minimum Gasteiger partial charge on any atom is -0.491 e. The number of nitrogens with zero attached hydrogens (tertiary/aromatic N) is 3. The standard InChI is InChI=1S/C27H29N3O4S/c1-15(2)34-20-13-9-18(10-14-20)23(31)21-22(17-7-11-19(12-8-17)27(4,5)6)30(25(33)24(21)32)26-29-28-16(3)35-26/h7-15,21-22H,1-6H3. The van der Waals surface area contributed by atoms with Crippen LogP contribution in [-0.4, -0.2) is 33.8 Å². The molecule has 182 valence electrons. The summed E-state index contributed by atoms with van der Waals surface area (Å²) in [6, 6.07) is 13.6. The third kappa shape index (κ3) is 4.89. The van der Waals surface area contributed by atoms with Crippen LogP contribution in [-0.2, 0) is 15.0 Å². The van der Waals surface area contributed by atoms with Crippen molar-refractivity contribution >= 4 is 33.9 Å². The summed E-state index contributed by atoms with van der Waals surface area (Å²) >= 11 is 1.22. The van der Waals surface area contributed by atoms with Crippen molar-refractivity contribution in [3.63, 3.8) is 0 Å². The van der Waals surface area contributed by atoms with E-state index in [1.54, 1.807) is 31.2 Å². The minimum atomic E-state index is -1.19. The van der Waals surface area contributed by atoms with Gasteiger partial charge in [0.05, 0.1) is 12.1 Å². The lowest BCUT2D eigenvalue weighted by atomic mass is 9.83. The van der Waals surface area contributed by atoms with Crippen molar-refractivity contribution in [2.75, 3.05) is 4.90 Å². The molecule has 2 atom stereocenters. The van der Waals surface area contributed by atoms with Crippen LogP contribution in [0, 0.1) is 12.8 Å². The van der Waals surface area contributed by atoms with Gasteiger partial charge in [0.2, 0.25) is 10.9 Å². The van der Waals surface area contributed by atoms with E-state index in [1.165, 1.54) is 16.2 Å². The number of amides is 1. The van der Waals surface area contributed by atoms with E-state index < -0.39 is 29.4 Å². The molecule has 1 saturated heterocycles. The molecule has 7 nitrogen and oxygen atoms in total. The van der Waals surface area contributed by atoms with Crippen molar-refractivity contribution in [2.24, 2.45) is 5.92 Å². The van der Waals surface area contributed by atoms with Crippen molar-refractivity contribution in [3.8, 4) is 5.75 Å². The second kappa shape index (κ2) is 9.34. The molecule has 8 heteroatoms. The summed E-state index contributed by atoms with van der Waals surface area (Å²) in [5, 5.41) is 9.11. The number of rotatable bonds is 6. The molecule has 0 saturated carbocycles. The summed E-state index contributed by atoms with van der Waals surface area (Å²) in [5.41, 5.74) is 2.09. The van der Waals surface area contributed by atoms with E-state index in [4.69, 9.17) is 4.74 Å². The lowest BCUT2D eigenvalue weighted by Crippen LogP contribution is -2.30. The third-order valence-electron chi connectivity index (χ3n) is 5.94. The Morgan fingerprint density at radius 3 is 2.14 bits per heavy atom. The zero-order valence-electron chi connectivity index (χ0n) is 20.7. The molecule has 1 aromatic heterocycles. The highest BCUT2D eigenvalue weighted by atomic mass is 32.1. The van der Waals surface area contributed by atoms with Crippen LogP contribution in [0.5, 0.6) is 5.75 Å². The van der Waals surface area contributed by atoms with E-state index in [-0.39, 0.29) is 11.5 Å². The van der Waals surface area contributed by atoms with Gasteiger partial charge < -0.3 is 4.74 Å². The minimum absolute atomic E-state index is 0.00467. The maximum absolute atomic E-state index is 13.7. The fraction of sp³-hybridized carbons (Fsp3) is 0.370. The number of ether oxygens (including phenoxy) is 1. The molecule has 1 amide bonds. The molecule has 2 unspecified atom stereocenters. The smallest absolute Gasteiger partial charge is 0.297 e. The van der Waals surface area contributed by atoms with Gasteiger partial charge in [-0.3, -0.25) is 19.3 Å². The van der Waals surface area contributed by atoms with E-state index in [2.05, 4.69) is 31.0 Å². The molecule has 0 aliphatic carbocycles. The number of hydrogen-bond acceptors (Lipinski definition) is 7. The van der Waals surface area contributed by atoms with Crippen LogP contribution >= 0.6 is 11.3 Å². The van der Waals surface area contributed by atoms with Gasteiger partial charge in [-0.1, -0.05) is 56.4 Å². The maximum atomic E-state index is 13.7. The fourth-order valence-electron chi connectivity index (χ4n) is 4.19. The largest absolute Gasteiger partial charge is 0.491 e. The van der Waals surface area contributed by atoms with Gasteiger partial charge in [0, 0.05) is 5.56 Å². The van der Waals surface area contributed by atoms with E-state index in [1.807, 2.05) is 38.1 Å². The number of carbonyl (C=O) groups is 3. The normalized spacial score (nSPS) is 18.4. The number of carbonyl (C=O) groups excluding carboxylic acids is 3. The number of benzene rings is 2. The molecule has 1 aliphatic heterocycles. The Labute approximate surface area is 209 Å². The first-order chi connectivity index (χ1) is 16.5. The highest BCUT2D eigenvalue weighted by molar-refractivity contribution is 7.15. The Morgan fingerprint density at radius 2 is 1.63 bits per heavy atom. The summed E-state index contributed by atoms with van der Waals surface area (Å²) in [4.78, 5) is 41.4. The SMILES string of the molecule is Cc1nnc(N2C(=O)C(=O)C(C(=O)c3ccc(OC(C)C)cc3)C2c2ccc(C(C)(C)C)cc2)s1. The number of aromatic nitrogens is 2. The topological polar surface area (TPSA) is 89.5 Å². The molecule has 4 rings (SSSR count). The molecule has 2 aromatic carbocycles. The summed E-state index contributed by atoms with van der Waals surface area (Å²) in [6.45, 7) is 11.9. The van der Waals surface area contributed by atoms with Gasteiger partial charge >= 0.3 is 0 Å². The van der Waals surface area contributed by atoms with Crippen LogP contribution in [0.4, 0.5) is 5.13 Å². The van der Waals surface area contributed by atoms with Crippen LogP contribution in [0.2, 0.25) is 0 Å². The molecule has 3 aromatic rings. The molecule has 0 radical (unpaired) electrons. The average Bonchev–Trinajstić information content (AvgIpc) is 3.33. The van der Waals surface area contributed by atoms with Crippen LogP contribution in [0.15, 0.2) is 48.5 Å². The number of aryl methyl sites for hydroxylation is 1. The van der Waals surface area contributed by atoms with Gasteiger partial charge in [-0.05, 0) is 61.6 Å². The van der Waals surface area contributed by atoms with Gasteiger partial charge in [-0.2, -0.15) is 0 Å². The Kier molecular flexibility index (Phi) is 6.60. The fourth-order valence-corrected chi connectivity index (χ4v) is 4.92. The van der Waals surface area contributed by atoms with E-state index in [9.17, 15) is 14.4 Å². The van der Waals surface area contributed by atoms with E-state index >= 15 is 0 Å². The average molecular weight is 492 g/mol. The van der Waals surface area contributed by atoms with Crippen LogP contribution in [0.3, 0.4) is 0 Å². The van der Waals surface area contributed by atoms with Crippen LogP contribution in [0.1, 0.15) is 67.2 Å². The van der Waals surface area contributed by atoms with E-state index in [0.717, 1.165) is 5.56 Å². The second-order valence-corrected chi connectivity index (χ2v) is 11.2. The number of anilines is 1. The highest BCUT2D eigenvalue weighted by Gasteiger charge is 2.53. The van der Waals surface area contributed by atoms with Gasteiger partial charge in [-0.25, -0.2) is 0 Å². The zero-order valence-corrected chi connectivity index (χ0v) is 21.6. The number of hydrogen-bond donors (Lipinski definition) is 0. The number of ketones is 2. The quantitative estimate of drug-likeness (QED) is 0.271. The van der Waals surface area contributed by atoms with Gasteiger partial charge in [0.15, 0.2) is 5.78 Å². The first-order valence-electron chi connectivity index (χ1n) is 11.6. The highest BCUT2D eigenvalue weighted by Crippen LogP contribution is 2.42. The molecule has 2 heterocycles. The molecule has 35 heavy (non-hydrogen) atoms. The van der Waals surface area contributed by atoms with E-state index in [0.29, 0.717) is 27.0 Å². The molecule has 1 fully saturated rings. The molecular weight excluding hydrogens is 462 g/mol. The lowest BCUT2D eigenvalue weighted by molar-refractivity contribution is -0.135. The Morgan fingerprint density at radius 1 is 1.00 bits per heavy atom. The lowest BCUT2D eigenvalue weighted by Gasteiger charge is -2.26.